The summed E-state index contributed by atoms with van der Waals surface area (Å²) < 4.78 is 6.70. The van der Waals surface area contributed by atoms with E-state index in [0.29, 0.717) is 33.7 Å². The summed E-state index contributed by atoms with van der Waals surface area (Å²) in [4.78, 5) is 44.3. The predicted molar refractivity (Wildman–Crippen MR) is 132 cm³/mol. The summed E-state index contributed by atoms with van der Waals surface area (Å²) in [7, 11) is 0. The van der Waals surface area contributed by atoms with E-state index in [4.69, 9.17) is 4.74 Å². The van der Waals surface area contributed by atoms with Gasteiger partial charge in [0.15, 0.2) is 0 Å². The van der Waals surface area contributed by atoms with Gasteiger partial charge in [0.05, 0.1) is 18.3 Å². The number of carbonyl (C=O) groups is 2. The van der Waals surface area contributed by atoms with E-state index < -0.39 is 12.0 Å². The highest BCUT2D eigenvalue weighted by Gasteiger charge is 2.25. The van der Waals surface area contributed by atoms with Gasteiger partial charge in [-0.15, -0.1) is 11.3 Å². The minimum atomic E-state index is -0.731. The van der Waals surface area contributed by atoms with Crippen LogP contribution in [0.25, 0.3) is 10.2 Å². The van der Waals surface area contributed by atoms with Crippen LogP contribution in [0.5, 0.6) is 0 Å². The van der Waals surface area contributed by atoms with Gasteiger partial charge < -0.3 is 10.1 Å². The number of carbonyl (C=O) groups excluding carboxylic acids is 2. The van der Waals surface area contributed by atoms with E-state index in [9.17, 15) is 14.4 Å². The Hall–Kier alpha value is -3.00. The number of amides is 1. The van der Waals surface area contributed by atoms with Crippen LogP contribution in [0, 0.1) is 12.8 Å². The van der Waals surface area contributed by atoms with E-state index in [0.717, 1.165) is 22.6 Å². The number of anilines is 1. The van der Waals surface area contributed by atoms with Gasteiger partial charge in [0.1, 0.15) is 15.7 Å². The van der Waals surface area contributed by atoms with Crippen LogP contribution in [0.15, 0.2) is 35.4 Å². The van der Waals surface area contributed by atoms with E-state index >= 15 is 0 Å². The van der Waals surface area contributed by atoms with Gasteiger partial charge in [0, 0.05) is 5.69 Å². The van der Waals surface area contributed by atoms with E-state index in [1.54, 1.807) is 6.92 Å². The van der Waals surface area contributed by atoms with Gasteiger partial charge in [0.2, 0.25) is 5.91 Å². The molecule has 2 aromatic heterocycles. The van der Waals surface area contributed by atoms with E-state index in [2.05, 4.69) is 24.1 Å². The van der Waals surface area contributed by atoms with Gasteiger partial charge in [-0.25, -0.2) is 9.78 Å². The second-order valence-corrected chi connectivity index (χ2v) is 9.84. The highest BCUT2D eigenvalue weighted by molar-refractivity contribution is 7.20. The molecule has 7 nitrogen and oxygen atoms in total. The molecule has 8 heteroatoms. The molecule has 176 valence electrons. The molecule has 0 aliphatic heterocycles. The number of rotatable bonds is 8. The zero-order chi connectivity index (χ0) is 24.3. The Morgan fingerprint density at radius 2 is 1.88 bits per heavy atom. The third-order valence-electron chi connectivity index (χ3n) is 5.47. The van der Waals surface area contributed by atoms with Crippen molar-refractivity contribution in [2.75, 3.05) is 11.9 Å². The zero-order valence-corrected chi connectivity index (χ0v) is 20.8. The van der Waals surface area contributed by atoms with Crippen molar-refractivity contribution < 1.29 is 14.3 Å². The monoisotopic (exact) mass is 469 g/mol. The van der Waals surface area contributed by atoms with Crippen LogP contribution in [-0.4, -0.2) is 28.0 Å². The Kier molecular flexibility index (Phi) is 7.68. The maximum atomic E-state index is 13.4. The van der Waals surface area contributed by atoms with Crippen molar-refractivity contribution in [2.24, 2.45) is 5.92 Å². The van der Waals surface area contributed by atoms with Crippen LogP contribution in [0.3, 0.4) is 0 Å². The molecule has 3 rings (SSSR count). The molecule has 1 amide bonds. The molecule has 1 atom stereocenters. The normalized spacial score (nSPS) is 12.4. The second-order valence-electron chi connectivity index (χ2n) is 8.84. The second kappa shape index (κ2) is 10.3. The first-order chi connectivity index (χ1) is 15.6. The van der Waals surface area contributed by atoms with E-state index in [-0.39, 0.29) is 23.3 Å². The van der Waals surface area contributed by atoms with Crippen LogP contribution in [0.4, 0.5) is 5.69 Å². The smallest absolute Gasteiger partial charge is 0.348 e. The SMILES string of the molecule is CCC(C(=O)Nc1ccccc1C(C)C)n1cnc2sc(C(=O)OCC(C)C)c(C)c2c1=O. The van der Waals surface area contributed by atoms with Crippen molar-refractivity contribution >= 4 is 39.1 Å². The molecule has 0 radical (unpaired) electrons. The summed E-state index contributed by atoms with van der Waals surface area (Å²) in [6, 6.07) is 6.92. The highest BCUT2D eigenvalue weighted by atomic mass is 32.1. The number of nitrogens with zero attached hydrogens (tertiary/aromatic N) is 2. The molecule has 0 spiro atoms. The summed E-state index contributed by atoms with van der Waals surface area (Å²) in [5.74, 6) is -0.281. The number of aromatic nitrogens is 2. The molecule has 0 saturated carbocycles. The van der Waals surface area contributed by atoms with Crippen molar-refractivity contribution in [3.63, 3.8) is 0 Å². The van der Waals surface area contributed by atoms with Crippen molar-refractivity contribution in [3.05, 3.63) is 57.0 Å². The molecule has 33 heavy (non-hydrogen) atoms. The zero-order valence-electron chi connectivity index (χ0n) is 20.0. The van der Waals surface area contributed by atoms with E-state index in [1.807, 2.05) is 45.0 Å². The maximum absolute atomic E-state index is 13.4. The number of hydrogen-bond acceptors (Lipinski definition) is 6. The van der Waals surface area contributed by atoms with Crippen LogP contribution >= 0.6 is 11.3 Å². The Balaban J connectivity index is 1.96. The minimum Gasteiger partial charge on any atom is -0.461 e. The molecule has 3 aromatic rings. The first-order valence-corrected chi connectivity index (χ1v) is 12.0. The van der Waals surface area contributed by atoms with Crippen molar-refractivity contribution in [3.8, 4) is 0 Å². The maximum Gasteiger partial charge on any atom is 0.348 e. The fourth-order valence-electron chi connectivity index (χ4n) is 3.70. The van der Waals surface area contributed by atoms with Crippen molar-refractivity contribution in [2.45, 2.75) is 59.9 Å². The van der Waals surface area contributed by atoms with Crippen LogP contribution in [-0.2, 0) is 9.53 Å². The number of nitrogens with one attached hydrogen (secondary N) is 1. The molecule has 1 N–H and O–H groups in total. The lowest BCUT2D eigenvalue weighted by atomic mass is 10.0. The number of thiophene rings is 1. The molecule has 0 bridgehead atoms. The summed E-state index contributed by atoms with van der Waals surface area (Å²) >= 11 is 1.14. The minimum absolute atomic E-state index is 0.212. The topological polar surface area (TPSA) is 90.3 Å². The van der Waals surface area contributed by atoms with Gasteiger partial charge >= 0.3 is 5.97 Å². The Morgan fingerprint density at radius 1 is 1.18 bits per heavy atom. The average Bonchev–Trinajstić information content (AvgIpc) is 3.11. The number of aryl methyl sites for hydroxylation is 1. The summed E-state index contributed by atoms with van der Waals surface area (Å²) in [5, 5.41) is 3.34. The highest BCUT2D eigenvalue weighted by Crippen LogP contribution is 2.29. The van der Waals surface area contributed by atoms with Gasteiger partial charge in [-0.3, -0.25) is 14.2 Å². The first-order valence-electron chi connectivity index (χ1n) is 11.2. The van der Waals surface area contributed by atoms with Crippen LogP contribution in [0.1, 0.15) is 73.8 Å². The molecule has 0 saturated heterocycles. The van der Waals surface area contributed by atoms with Gasteiger partial charge in [-0.2, -0.15) is 0 Å². The summed E-state index contributed by atoms with van der Waals surface area (Å²) in [6.07, 6.45) is 1.81. The number of para-hydroxylation sites is 1. The Labute approximate surface area is 197 Å². The summed E-state index contributed by atoms with van der Waals surface area (Å²) in [6.45, 7) is 11.9. The molecule has 0 aliphatic carbocycles. The fraction of sp³-hybridized carbons (Fsp3) is 0.440. The standard InChI is InChI=1S/C25H31N3O4S/c1-7-19(22(29)27-18-11-9-8-10-17(18)15(4)5)28-13-26-23-20(24(28)30)16(6)21(33-23)25(31)32-12-14(2)3/h8-11,13-15,19H,7,12H2,1-6H3,(H,27,29). The van der Waals surface area contributed by atoms with Gasteiger partial charge in [-0.05, 0) is 42.4 Å². The molecular weight excluding hydrogens is 438 g/mol. The fourth-order valence-corrected chi connectivity index (χ4v) is 4.73. The van der Waals surface area contributed by atoms with E-state index in [1.165, 1.54) is 10.9 Å². The molecular formula is C25H31N3O4S. The number of fused-ring (bicyclic) bond motifs is 1. The lowest BCUT2D eigenvalue weighted by Crippen LogP contribution is -2.33. The Morgan fingerprint density at radius 3 is 2.52 bits per heavy atom. The first kappa shape index (κ1) is 24.6. The lowest BCUT2D eigenvalue weighted by Gasteiger charge is -2.20. The van der Waals surface area contributed by atoms with Crippen molar-refractivity contribution in [1.82, 2.24) is 9.55 Å². The third-order valence-corrected chi connectivity index (χ3v) is 6.65. The number of esters is 1. The van der Waals surface area contributed by atoms with Crippen LogP contribution < -0.4 is 10.9 Å². The predicted octanol–water partition coefficient (Wildman–Crippen LogP) is 5.29. The Bertz CT molecular complexity index is 1230. The van der Waals surface area contributed by atoms with Gasteiger partial charge in [-0.1, -0.05) is 52.8 Å². The summed E-state index contributed by atoms with van der Waals surface area (Å²) in [5.41, 5.74) is 1.96. The van der Waals surface area contributed by atoms with Gasteiger partial charge in [0.25, 0.3) is 5.56 Å². The molecule has 0 aliphatic rings. The largest absolute Gasteiger partial charge is 0.461 e. The number of benzene rings is 1. The molecule has 2 heterocycles. The number of hydrogen-bond donors (Lipinski definition) is 1. The molecule has 1 aromatic carbocycles. The van der Waals surface area contributed by atoms with Crippen molar-refractivity contribution in [1.29, 1.82) is 0 Å². The average molecular weight is 470 g/mol. The number of ether oxygens (including phenoxy) is 1. The lowest BCUT2D eigenvalue weighted by molar-refractivity contribution is -0.119. The van der Waals surface area contributed by atoms with Crippen LogP contribution in [0.2, 0.25) is 0 Å². The quantitative estimate of drug-likeness (QED) is 0.453. The molecule has 1 unspecified atom stereocenters. The third kappa shape index (κ3) is 5.16. The molecule has 0 fully saturated rings.